The first kappa shape index (κ1) is 40.1. The van der Waals surface area contributed by atoms with Gasteiger partial charge in [-0.2, -0.15) is 0 Å². The monoisotopic (exact) mass is 881 g/mol. The van der Waals surface area contributed by atoms with Crippen LogP contribution in [0.3, 0.4) is 0 Å². The molecule has 0 aliphatic rings. The Labute approximate surface area is 400 Å². The Hall–Kier alpha value is -9.18. The molecule has 2 aromatic heterocycles. The molecule has 0 bridgehead atoms. The van der Waals surface area contributed by atoms with Gasteiger partial charge in [0.2, 0.25) is 0 Å². The molecule has 13 rings (SSSR count). The van der Waals surface area contributed by atoms with Crippen molar-refractivity contribution in [1.82, 2.24) is 0 Å². The number of furan rings is 2. The lowest BCUT2D eigenvalue weighted by atomic mass is 9.97. The number of hydrogen-bond acceptors (Lipinski definition) is 3. The molecule has 0 amide bonds. The predicted octanol–water partition coefficient (Wildman–Crippen LogP) is 19.0. The number of benzene rings is 11. The molecule has 0 atom stereocenters. The zero-order chi connectivity index (χ0) is 45.7. The molecule has 3 heteroatoms. The third-order valence-electron chi connectivity index (χ3n) is 13.5. The summed E-state index contributed by atoms with van der Waals surface area (Å²) in [5.41, 5.74) is 20.6. The van der Waals surface area contributed by atoms with Crippen molar-refractivity contribution < 1.29 is 8.83 Å². The van der Waals surface area contributed by atoms with Crippen LogP contribution in [0.15, 0.2) is 270 Å². The van der Waals surface area contributed by atoms with Gasteiger partial charge in [-0.1, -0.05) is 206 Å². The molecule has 0 saturated heterocycles. The van der Waals surface area contributed by atoms with Gasteiger partial charge in [0.1, 0.15) is 22.3 Å². The van der Waals surface area contributed by atoms with Crippen molar-refractivity contribution in [2.45, 2.75) is 0 Å². The van der Waals surface area contributed by atoms with E-state index in [0.29, 0.717) is 0 Å². The Morgan fingerprint density at radius 1 is 0.217 bits per heavy atom. The van der Waals surface area contributed by atoms with Crippen LogP contribution in [0.1, 0.15) is 0 Å². The molecule has 3 nitrogen and oxygen atoms in total. The van der Waals surface area contributed by atoms with Crippen LogP contribution >= 0.6 is 0 Å². The van der Waals surface area contributed by atoms with Gasteiger partial charge >= 0.3 is 0 Å². The number of nitrogens with zero attached hydrogens (tertiary/aromatic N) is 1. The van der Waals surface area contributed by atoms with Crippen LogP contribution in [0.2, 0.25) is 0 Å². The summed E-state index contributed by atoms with van der Waals surface area (Å²) in [6.45, 7) is 0. The molecule has 0 spiro atoms. The van der Waals surface area contributed by atoms with Crippen LogP contribution in [0, 0.1) is 0 Å². The van der Waals surface area contributed by atoms with Crippen LogP contribution in [0.25, 0.3) is 111 Å². The molecule has 11 aromatic carbocycles. The summed E-state index contributed by atoms with van der Waals surface area (Å²) in [5, 5.41) is 4.55. The quantitative estimate of drug-likeness (QED) is 0.145. The largest absolute Gasteiger partial charge is 0.455 e. The van der Waals surface area contributed by atoms with E-state index in [4.69, 9.17) is 8.83 Å². The van der Waals surface area contributed by atoms with E-state index in [1.807, 2.05) is 24.3 Å². The van der Waals surface area contributed by atoms with Crippen molar-refractivity contribution >= 4 is 60.9 Å². The van der Waals surface area contributed by atoms with Crippen molar-refractivity contribution in [3.8, 4) is 66.8 Å². The Balaban J connectivity index is 0.831. The highest BCUT2D eigenvalue weighted by Crippen LogP contribution is 2.41. The highest BCUT2D eigenvalue weighted by Gasteiger charge is 2.17. The molecule has 0 aliphatic carbocycles. The Kier molecular flexibility index (Phi) is 9.84. The maximum atomic E-state index is 6.38. The number of rotatable bonds is 9. The van der Waals surface area contributed by atoms with Gasteiger partial charge in [-0.25, -0.2) is 0 Å². The maximum absolute atomic E-state index is 6.38. The van der Waals surface area contributed by atoms with Gasteiger partial charge in [0, 0.05) is 49.7 Å². The van der Waals surface area contributed by atoms with E-state index < -0.39 is 0 Å². The van der Waals surface area contributed by atoms with E-state index in [1.165, 1.54) is 16.7 Å². The molecule has 324 valence electrons. The minimum Gasteiger partial charge on any atom is -0.455 e. The Morgan fingerprint density at radius 2 is 0.565 bits per heavy atom. The topological polar surface area (TPSA) is 29.5 Å². The van der Waals surface area contributed by atoms with E-state index in [9.17, 15) is 0 Å². The summed E-state index contributed by atoms with van der Waals surface area (Å²) in [7, 11) is 0. The van der Waals surface area contributed by atoms with Crippen molar-refractivity contribution in [3.05, 3.63) is 261 Å². The molecule has 2 heterocycles. The smallest absolute Gasteiger partial charge is 0.143 e. The molecule has 0 fully saturated rings. The summed E-state index contributed by atoms with van der Waals surface area (Å²) >= 11 is 0. The van der Waals surface area contributed by atoms with Crippen molar-refractivity contribution in [2.75, 3.05) is 4.90 Å². The van der Waals surface area contributed by atoms with Gasteiger partial charge in [0.15, 0.2) is 0 Å². The van der Waals surface area contributed by atoms with Gasteiger partial charge in [-0.15, -0.1) is 0 Å². The fourth-order valence-corrected chi connectivity index (χ4v) is 10.0. The van der Waals surface area contributed by atoms with E-state index in [-0.39, 0.29) is 0 Å². The van der Waals surface area contributed by atoms with Crippen molar-refractivity contribution in [1.29, 1.82) is 0 Å². The molecule has 13 aromatic rings. The van der Waals surface area contributed by atoms with Crippen LogP contribution < -0.4 is 4.90 Å². The third-order valence-corrected chi connectivity index (χ3v) is 13.5. The first-order valence-electron chi connectivity index (χ1n) is 23.5. The van der Waals surface area contributed by atoms with E-state index in [0.717, 1.165) is 111 Å². The number of fused-ring (bicyclic) bond motifs is 6. The lowest BCUT2D eigenvalue weighted by Crippen LogP contribution is -2.10. The first-order chi connectivity index (χ1) is 34.2. The summed E-state index contributed by atoms with van der Waals surface area (Å²) in [6, 6.07) is 93.1. The van der Waals surface area contributed by atoms with Crippen LogP contribution in [0.5, 0.6) is 0 Å². The van der Waals surface area contributed by atoms with E-state index >= 15 is 0 Å². The van der Waals surface area contributed by atoms with Gasteiger partial charge in [0.25, 0.3) is 0 Å². The van der Waals surface area contributed by atoms with Crippen LogP contribution in [0.4, 0.5) is 17.1 Å². The molecule has 0 saturated carbocycles. The molecular formula is C66H43NO2. The summed E-state index contributed by atoms with van der Waals surface area (Å²) in [6.07, 6.45) is 0. The number of para-hydroxylation sites is 4. The SMILES string of the molecule is c1ccc(-c2cccc(-c3cccc(N(c4ccc(-c5ccc(-c6cccc7c6oc6ccccc67)cc5)cc4)c4ccc(-c5ccc(-c6cccc7c6oc6ccccc67)cc5)cc4)c3)c2)cc1. The Morgan fingerprint density at radius 3 is 1.07 bits per heavy atom. The predicted molar refractivity (Wildman–Crippen MR) is 288 cm³/mol. The van der Waals surface area contributed by atoms with E-state index in [2.05, 4.69) is 241 Å². The second kappa shape index (κ2) is 16.9. The van der Waals surface area contributed by atoms with Crippen molar-refractivity contribution in [3.63, 3.8) is 0 Å². The van der Waals surface area contributed by atoms with Crippen LogP contribution in [-0.4, -0.2) is 0 Å². The fraction of sp³-hybridized carbons (Fsp3) is 0. The standard InChI is InChI=1S/C66H43NO2/c1-2-12-44(13-3-1)51-14-8-15-52(42-51)53-16-9-17-56(43-53)67(54-38-34-47(35-39-54)45-26-30-49(31-27-45)57-20-10-22-61-59-18-4-6-24-63(59)68-65(57)61)55-40-36-48(37-41-55)46-28-32-50(33-29-46)58-21-11-23-62-60-19-5-7-25-64(60)69-66(58)62/h1-43H. The lowest BCUT2D eigenvalue weighted by Gasteiger charge is -2.26. The number of anilines is 3. The Bertz CT molecular complexity index is 3770. The molecule has 0 unspecified atom stereocenters. The molecule has 69 heavy (non-hydrogen) atoms. The zero-order valence-electron chi connectivity index (χ0n) is 37.6. The highest BCUT2D eigenvalue weighted by molar-refractivity contribution is 6.10. The normalized spacial score (nSPS) is 11.5. The number of hydrogen-bond donors (Lipinski definition) is 0. The third kappa shape index (κ3) is 7.34. The van der Waals surface area contributed by atoms with Gasteiger partial charge in [0.05, 0.1) is 0 Å². The minimum atomic E-state index is 0.908. The van der Waals surface area contributed by atoms with E-state index in [1.54, 1.807) is 0 Å². The van der Waals surface area contributed by atoms with Crippen LogP contribution in [-0.2, 0) is 0 Å². The lowest BCUT2D eigenvalue weighted by molar-refractivity contribution is 0.669. The zero-order valence-corrected chi connectivity index (χ0v) is 37.6. The summed E-state index contributed by atoms with van der Waals surface area (Å²) in [4.78, 5) is 2.35. The van der Waals surface area contributed by atoms with Gasteiger partial charge < -0.3 is 13.7 Å². The molecule has 0 N–H and O–H groups in total. The van der Waals surface area contributed by atoms with Gasteiger partial charge in [-0.3, -0.25) is 0 Å². The molecular weight excluding hydrogens is 839 g/mol. The molecule has 0 radical (unpaired) electrons. The highest BCUT2D eigenvalue weighted by atomic mass is 16.3. The first-order valence-corrected chi connectivity index (χ1v) is 23.5. The average Bonchev–Trinajstić information content (AvgIpc) is 4.01. The summed E-state index contributed by atoms with van der Waals surface area (Å²) in [5.74, 6) is 0. The molecule has 0 aliphatic heterocycles. The second-order valence-corrected chi connectivity index (χ2v) is 17.6. The van der Waals surface area contributed by atoms with Gasteiger partial charge in [-0.05, 0) is 110 Å². The summed E-state index contributed by atoms with van der Waals surface area (Å²) < 4.78 is 12.8. The average molecular weight is 882 g/mol. The van der Waals surface area contributed by atoms with Crippen molar-refractivity contribution in [2.24, 2.45) is 0 Å². The minimum absolute atomic E-state index is 0.908. The maximum Gasteiger partial charge on any atom is 0.143 e. The fourth-order valence-electron chi connectivity index (χ4n) is 10.0. The second-order valence-electron chi connectivity index (χ2n) is 17.6.